The number of benzene rings is 1. The van der Waals surface area contributed by atoms with E-state index in [9.17, 15) is 10.1 Å². The number of anilines is 1. The van der Waals surface area contributed by atoms with E-state index in [2.05, 4.69) is 10.2 Å². The van der Waals surface area contributed by atoms with Gasteiger partial charge in [-0.1, -0.05) is 6.07 Å². The average Bonchev–Trinajstić information content (AvgIpc) is 2.81. The highest BCUT2D eigenvalue weighted by molar-refractivity contribution is 5.53. The van der Waals surface area contributed by atoms with Crippen LogP contribution < -0.4 is 10.2 Å². The van der Waals surface area contributed by atoms with Gasteiger partial charge in [-0.05, 0) is 19.0 Å². The number of rotatable bonds is 3. The molecule has 1 fully saturated rings. The fourth-order valence-corrected chi connectivity index (χ4v) is 2.01. The molecule has 1 unspecified atom stereocenters. The molecule has 1 N–H and O–H groups in total. The van der Waals surface area contributed by atoms with E-state index in [-0.39, 0.29) is 10.6 Å². The van der Waals surface area contributed by atoms with E-state index >= 15 is 0 Å². The summed E-state index contributed by atoms with van der Waals surface area (Å²) >= 11 is 0. The quantitative estimate of drug-likeness (QED) is 0.619. The van der Waals surface area contributed by atoms with Crippen molar-refractivity contribution in [1.29, 1.82) is 0 Å². The zero-order valence-electron chi connectivity index (χ0n) is 9.22. The lowest BCUT2D eigenvalue weighted by molar-refractivity contribution is -0.384. The summed E-state index contributed by atoms with van der Waals surface area (Å²) in [6.45, 7) is 1.96. The van der Waals surface area contributed by atoms with Crippen LogP contribution in [0.25, 0.3) is 0 Å². The van der Waals surface area contributed by atoms with Crippen LogP contribution in [-0.2, 0) is 0 Å². The Labute approximate surface area is 94.2 Å². The molecule has 0 spiro atoms. The molecule has 0 aromatic heterocycles. The Morgan fingerprint density at radius 2 is 2.38 bits per heavy atom. The Bertz CT molecular complexity index is 389. The molecule has 1 aromatic carbocycles. The third-order valence-electron chi connectivity index (χ3n) is 3.03. The smallest absolute Gasteiger partial charge is 0.271 e. The number of hydrogen-bond donors (Lipinski definition) is 1. The number of nitro groups is 1. The lowest BCUT2D eigenvalue weighted by atomic mass is 10.2. The second-order valence-corrected chi connectivity index (χ2v) is 4.03. The molecule has 1 aliphatic heterocycles. The number of nitro benzene ring substituents is 1. The van der Waals surface area contributed by atoms with Crippen molar-refractivity contribution in [2.45, 2.75) is 12.5 Å². The van der Waals surface area contributed by atoms with Crippen LogP contribution in [0.4, 0.5) is 11.4 Å². The summed E-state index contributed by atoms with van der Waals surface area (Å²) < 4.78 is 0. The molecule has 2 rings (SSSR count). The summed E-state index contributed by atoms with van der Waals surface area (Å²) in [7, 11) is 1.98. The predicted molar refractivity (Wildman–Crippen MR) is 62.8 cm³/mol. The molecule has 1 saturated heterocycles. The van der Waals surface area contributed by atoms with Crippen molar-refractivity contribution < 1.29 is 4.92 Å². The van der Waals surface area contributed by atoms with Crippen molar-refractivity contribution in [3.05, 3.63) is 34.4 Å². The predicted octanol–water partition coefficient (Wildman–Crippen LogP) is 1.39. The van der Waals surface area contributed by atoms with Gasteiger partial charge in [0.15, 0.2) is 0 Å². The lowest BCUT2D eigenvalue weighted by Gasteiger charge is -2.25. The molecule has 1 aliphatic rings. The van der Waals surface area contributed by atoms with Gasteiger partial charge in [0, 0.05) is 37.5 Å². The molecule has 0 saturated carbocycles. The number of non-ortho nitro benzene ring substituents is 1. The van der Waals surface area contributed by atoms with E-state index in [1.54, 1.807) is 12.1 Å². The molecule has 16 heavy (non-hydrogen) atoms. The van der Waals surface area contributed by atoms with Gasteiger partial charge in [-0.25, -0.2) is 0 Å². The maximum absolute atomic E-state index is 10.7. The highest BCUT2D eigenvalue weighted by atomic mass is 16.6. The maximum Gasteiger partial charge on any atom is 0.271 e. The fourth-order valence-electron chi connectivity index (χ4n) is 2.01. The van der Waals surface area contributed by atoms with Crippen LogP contribution in [0.3, 0.4) is 0 Å². The normalized spacial score (nSPS) is 19.7. The van der Waals surface area contributed by atoms with Crippen molar-refractivity contribution in [2.24, 2.45) is 0 Å². The minimum absolute atomic E-state index is 0.148. The van der Waals surface area contributed by atoms with Gasteiger partial charge in [-0.15, -0.1) is 0 Å². The molecular weight excluding hydrogens is 206 g/mol. The summed E-state index contributed by atoms with van der Waals surface area (Å²) in [5.41, 5.74) is 1.05. The molecule has 0 aliphatic carbocycles. The van der Waals surface area contributed by atoms with Crippen molar-refractivity contribution in [2.75, 3.05) is 25.0 Å². The van der Waals surface area contributed by atoms with Crippen LogP contribution in [-0.4, -0.2) is 31.1 Å². The Kier molecular flexibility index (Phi) is 3.05. The summed E-state index contributed by atoms with van der Waals surface area (Å²) in [6, 6.07) is 7.21. The molecule has 0 bridgehead atoms. The Hall–Kier alpha value is -1.62. The SMILES string of the molecule is CN(c1cccc([N+](=O)[O-])c1)C1CCNC1. The first-order valence-electron chi connectivity index (χ1n) is 5.36. The summed E-state index contributed by atoms with van der Waals surface area (Å²) in [5.74, 6) is 0. The van der Waals surface area contributed by atoms with Gasteiger partial charge in [0.2, 0.25) is 0 Å². The van der Waals surface area contributed by atoms with Crippen LogP contribution in [0.1, 0.15) is 6.42 Å². The summed E-state index contributed by atoms with van der Waals surface area (Å²) in [6.07, 6.45) is 1.08. The fraction of sp³-hybridized carbons (Fsp3) is 0.455. The van der Waals surface area contributed by atoms with Crippen LogP contribution in [0.5, 0.6) is 0 Å². The van der Waals surface area contributed by atoms with Crippen molar-refractivity contribution >= 4 is 11.4 Å². The molecule has 5 nitrogen and oxygen atoms in total. The van der Waals surface area contributed by atoms with Crippen LogP contribution in [0.2, 0.25) is 0 Å². The van der Waals surface area contributed by atoms with Gasteiger partial charge in [0.05, 0.1) is 4.92 Å². The average molecular weight is 221 g/mol. The number of nitrogens with one attached hydrogen (secondary N) is 1. The first kappa shape index (κ1) is 10.9. The van der Waals surface area contributed by atoms with Gasteiger partial charge in [-0.3, -0.25) is 10.1 Å². The van der Waals surface area contributed by atoms with Gasteiger partial charge in [0.1, 0.15) is 0 Å². The van der Waals surface area contributed by atoms with E-state index in [1.165, 1.54) is 6.07 Å². The molecule has 1 aromatic rings. The highest BCUT2D eigenvalue weighted by Crippen LogP contribution is 2.23. The van der Waals surface area contributed by atoms with Gasteiger partial charge in [-0.2, -0.15) is 0 Å². The second-order valence-electron chi connectivity index (χ2n) is 4.03. The lowest BCUT2D eigenvalue weighted by Crippen LogP contribution is -2.33. The van der Waals surface area contributed by atoms with Gasteiger partial charge in [0.25, 0.3) is 5.69 Å². The van der Waals surface area contributed by atoms with E-state index < -0.39 is 0 Å². The minimum atomic E-state index is -0.357. The number of likely N-dealkylation sites (N-methyl/N-ethyl adjacent to an activating group) is 1. The zero-order valence-corrected chi connectivity index (χ0v) is 9.22. The van der Waals surface area contributed by atoms with Crippen LogP contribution in [0.15, 0.2) is 24.3 Å². The van der Waals surface area contributed by atoms with Crippen LogP contribution >= 0.6 is 0 Å². The van der Waals surface area contributed by atoms with E-state index in [0.717, 1.165) is 25.2 Å². The third kappa shape index (κ3) is 2.14. The molecule has 86 valence electrons. The Balaban J connectivity index is 2.18. The minimum Gasteiger partial charge on any atom is -0.370 e. The number of nitrogens with zero attached hydrogens (tertiary/aromatic N) is 2. The van der Waals surface area contributed by atoms with Gasteiger partial charge >= 0.3 is 0 Å². The van der Waals surface area contributed by atoms with E-state index in [1.807, 2.05) is 13.1 Å². The van der Waals surface area contributed by atoms with Crippen molar-refractivity contribution in [3.63, 3.8) is 0 Å². The Morgan fingerprint density at radius 1 is 1.56 bits per heavy atom. The third-order valence-corrected chi connectivity index (χ3v) is 3.03. The van der Waals surface area contributed by atoms with Gasteiger partial charge < -0.3 is 10.2 Å². The highest BCUT2D eigenvalue weighted by Gasteiger charge is 2.20. The second kappa shape index (κ2) is 4.49. The summed E-state index contributed by atoms with van der Waals surface area (Å²) in [5, 5.41) is 14.0. The maximum atomic E-state index is 10.7. The summed E-state index contributed by atoms with van der Waals surface area (Å²) in [4.78, 5) is 12.4. The first-order chi connectivity index (χ1) is 7.68. The van der Waals surface area contributed by atoms with Crippen LogP contribution in [0, 0.1) is 10.1 Å². The monoisotopic (exact) mass is 221 g/mol. The largest absolute Gasteiger partial charge is 0.370 e. The topological polar surface area (TPSA) is 58.4 Å². The number of hydrogen-bond acceptors (Lipinski definition) is 4. The molecule has 0 amide bonds. The first-order valence-corrected chi connectivity index (χ1v) is 5.36. The van der Waals surface area contributed by atoms with Crippen molar-refractivity contribution in [1.82, 2.24) is 5.32 Å². The molecule has 1 heterocycles. The molecule has 0 radical (unpaired) electrons. The molecular formula is C11H15N3O2. The standard InChI is InChI=1S/C11H15N3O2/c1-13(11-5-6-12-8-11)9-3-2-4-10(7-9)14(15)16/h2-4,7,11-12H,5-6,8H2,1H3. The van der Waals surface area contributed by atoms with Crippen molar-refractivity contribution in [3.8, 4) is 0 Å². The van der Waals surface area contributed by atoms with E-state index in [0.29, 0.717) is 6.04 Å². The zero-order chi connectivity index (χ0) is 11.5. The van der Waals surface area contributed by atoms with E-state index in [4.69, 9.17) is 0 Å². The Morgan fingerprint density at radius 3 is 3.00 bits per heavy atom. The molecule has 1 atom stereocenters. The molecule has 5 heteroatoms.